The van der Waals surface area contributed by atoms with Crippen LogP contribution in [-0.4, -0.2) is 23.4 Å². The van der Waals surface area contributed by atoms with Crippen molar-refractivity contribution in [3.8, 4) is 0 Å². The highest BCUT2D eigenvalue weighted by Gasteiger charge is 2.56. The van der Waals surface area contributed by atoms with Gasteiger partial charge in [0.05, 0.1) is 0 Å². The van der Waals surface area contributed by atoms with E-state index in [2.05, 4.69) is 0 Å². The molecule has 0 aromatic rings. The van der Waals surface area contributed by atoms with E-state index in [1.807, 2.05) is 0 Å². The van der Waals surface area contributed by atoms with Crippen LogP contribution in [-0.2, 0) is 0 Å². The van der Waals surface area contributed by atoms with Crippen LogP contribution in [0, 0.1) is 35.5 Å². The van der Waals surface area contributed by atoms with Crippen molar-refractivity contribution in [3.63, 3.8) is 0 Å². The Morgan fingerprint density at radius 2 is 1.64 bits per heavy atom. The second kappa shape index (κ2) is 3.21. The van der Waals surface area contributed by atoms with Crippen LogP contribution in [0.2, 0.25) is 0 Å². The molecule has 3 aliphatic carbocycles. The monoisotopic (exact) mass is 196 g/mol. The highest BCUT2D eigenvalue weighted by molar-refractivity contribution is 5.05. The van der Waals surface area contributed by atoms with Crippen LogP contribution < -0.4 is 0 Å². The van der Waals surface area contributed by atoms with Crippen molar-refractivity contribution >= 4 is 0 Å². The van der Waals surface area contributed by atoms with Crippen LogP contribution in [0.3, 0.4) is 0 Å². The van der Waals surface area contributed by atoms with E-state index in [-0.39, 0.29) is 0 Å². The Kier molecular flexibility index (Phi) is 2.10. The Balaban J connectivity index is 1.80. The number of aliphatic hydroxyl groups is 2. The van der Waals surface area contributed by atoms with Crippen LogP contribution in [0.5, 0.6) is 0 Å². The molecule has 0 aliphatic heterocycles. The number of hydrogen-bond donors (Lipinski definition) is 2. The van der Waals surface area contributed by atoms with E-state index in [4.69, 9.17) is 0 Å². The Labute approximate surface area is 85.3 Å². The summed E-state index contributed by atoms with van der Waals surface area (Å²) in [7, 11) is 0. The average Bonchev–Trinajstić information content (AvgIpc) is 2.87. The maximum atomic E-state index is 9.31. The number of fused-ring (bicyclic) bond motifs is 5. The fraction of sp³-hybridized carbons (Fsp3) is 1.00. The standard InChI is InChI=1S/C12H20O2/c13-5-7-1-2-10-11-4-8(12(7)10)3-9(11)6-14/h7-14H,1-6H2/t7?,8?,9?,10-,11?,12+/m1/s1. The summed E-state index contributed by atoms with van der Waals surface area (Å²) in [6.45, 7) is 0.794. The second-order valence-corrected chi connectivity index (χ2v) is 5.60. The first-order valence-electron chi connectivity index (χ1n) is 6.07. The Morgan fingerprint density at radius 1 is 0.857 bits per heavy atom. The van der Waals surface area contributed by atoms with E-state index >= 15 is 0 Å². The molecule has 3 saturated carbocycles. The maximum absolute atomic E-state index is 9.31. The summed E-state index contributed by atoms with van der Waals surface area (Å²) in [5.41, 5.74) is 0. The first-order chi connectivity index (χ1) is 6.85. The topological polar surface area (TPSA) is 40.5 Å². The first-order valence-corrected chi connectivity index (χ1v) is 6.07. The van der Waals surface area contributed by atoms with Gasteiger partial charge in [-0.3, -0.25) is 0 Å². The molecule has 2 heteroatoms. The van der Waals surface area contributed by atoms with Crippen LogP contribution in [0.25, 0.3) is 0 Å². The van der Waals surface area contributed by atoms with Gasteiger partial charge in [-0.1, -0.05) is 0 Å². The molecule has 2 nitrogen and oxygen atoms in total. The molecular weight excluding hydrogens is 176 g/mol. The molecule has 14 heavy (non-hydrogen) atoms. The molecular formula is C12H20O2. The molecule has 3 fully saturated rings. The van der Waals surface area contributed by atoms with Gasteiger partial charge < -0.3 is 10.2 Å². The lowest BCUT2D eigenvalue weighted by atomic mass is 9.74. The van der Waals surface area contributed by atoms with Gasteiger partial charge >= 0.3 is 0 Å². The van der Waals surface area contributed by atoms with Gasteiger partial charge in [0.2, 0.25) is 0 Å². The molecule has 0 aromatic heterocycles. The van der Waals surface area contributed by atoms with Gasteiger partial charge in [-0.2, -0.15) is 0 Å². The molecule has 0 heterocycles. The molecule has 6 atom stereocenters. The number of hydrogen-bond acceptors (Lipinski definition) is 2. The molecule has 2 N–H and O–H groups in total. The lowest BCUT2D eigenvalue weighted by molar-refractivity contribution is 0.0904. The minimum absolute atomic E-state index is 0.397. The third-order valence-corrected chi connectivity index (χ3v) is 5.26. The zero-order valence-corrected chi connectivity index (χ0v) is 8.60. The molecule has 0 aromatic carbocycles. The lowest BCUT2D eigenvalue weighted by Gasteiger charge is -2.32. The van der Waals surface area contributed by atoms with Crippen LogP contribution in [0.1, 0.15) is 25.7 Å². The van der Waals surface area contributed by atoms with Gasteiger partial charge in [-0.25, -0.2) is 0 Å². The van der Waals surface area contributed by atoms with Gasteiger partial charge in [0.1, 0.15) is 0 Å². The highest BCUT2D eigenvalue weighted by Crippen LogP contribution is 2.62. The minimum atomic E-state index is 0.397. The smallest absolute Gasteiger partial charge is 0.0462 e. The maximum Gasteiger partial charge on any atom is 0.0462 e. The van der Waals surface area contributed by atoms with Gasteiger partial charge in [-0.15, -0.1) is 0 Å². The van der Waals surface area contributed by atoms with Crippen LogP contribution >= 0.6 is 0 Å². The van der Waals surface area contributed by atoms with Crippen molar-refractivity contribution in [2.24, 2.45) is 35.5 Å². The molecule has 80 valence electrons. The van der Waals surface area contributed by atoms with Gasteiger partial charge in [-0.05, 0) is 61.2 Å². The first kappa shape index (κ1) is 9.17. The van der Waals surface area contributed by atoms with E-state index in [1.54, 1.807) is 0 Å². The summed E-state index contributed by atoms with van der Waals surface area (Å²) in [4.78, 5) is 0. The van der Waals surface area contributed by atoms with Crippen molar-refractivity contribution in [2.45, 2.75) is 25.7 Å². The zero-order chi connectivity index (χ0) is 9.71. The van der Waals surface area contributed by atoms with E-state index in [1.165, 1.54) is 25.7 Å². The molecule has 0 radical (unpaired) electrons. The van der Waals surface area contributed by atoms with Crippen molar-refractivity contribution in [2.75, 3.05) is 13.2 Å². The van der Waals surface area contributed by atoms with E-state index < -0.39 is 0 Å². The van der Waals surface area contributed by atoms with Gasteiger partial charge in [0.15, 0.2) is 0 Å². The summed E-state index contributed by atoms with van der Waals surface area (Å²) in [5.74, 6) is 4.48. The predicted molar refractivity (Wildman–Crippen MR) is 53.6 cm³/mol. The molecule has 2 bridgehead atoms. The fourth-order valence-electron chi connectivity index (χ4n) is 4.84. The van der Waals surface area contributed by atoms with Crippen molar-refractivity contribution in [1.29, 1.82) is 0 Å². The zero-order valence-electron chi connectivity index (χ0n) is 8.60. The normalized spacial score (nSPS) is 55.3. The highest BCUT2D eigenvalue weighted by atomic mass is 16.3. The van der Waals surface area contributed by atoms with Crippen molar-refractivity contribution < 1.29 is 10.2 Å². The Morgan fingerprint density at radius 3 is 2.36 bits per heavy atom. The quantitative estimate of drug-likeness (QED) is 0.698. The second-order valence-electron chi connectivity index (χ2n) is 5.60. The molecule has 4 unspecified atom stereocenters. The van der Waals surface area contributed by atoms with Crippen molar-refractivity contribution in [3.05, 3.63) is 0 Å². The lowest BCUT2D eigenvalue weighted by Crippen LogP contribution is -2.30. The van der Waals surface area contributed by atoms with E-state index in [9.17, 15) is 10.2 Å². The average molecular weight is 196 g/mol. The van der Waals surface area contributed by atoms with Gasteiger partial charge in [0.25, 0.3) is 0 Å². The molecule has 3 rings (SSSR count). The summed E-state index contributed by atoms with van der Waals surface area (Å²) in [6, 6.07) is 0. The number of aliphatic hydroxyl groups excluding tert-OH is 2. The predicted octanol–water partition coefficient (Wildman–Crippen LogP) is 1.27. The Hall–Kier alpha value is -0.0800. The molecule has 0 spiro atoms. The SMILES string of the molecule is OCC1CC2CC1[C@H]1CCC(CO)[C@@H]21. The summed E-state index contributed by atoms with van der Waals surface area (Å²) < 4.78 is 0. The largest absolute Gasteiger partial charge is 0.396 e. The summed E-state index contributed by atoms with van der Waals surface area (Å²) in [5, 5.41) is 18.6. The summed E-state index contributed by atoms with van der Waals surface area (Å²) >= 11 is 0. The van der Waals surface area contributed by atoms with Crippen LogP contribution in [0.15, 0.2) is 0 Å². The summed E-state index contributed by atoms with van der Waals surface area (Å²) in [6.07, 6.45) is 5.13. The number of rotatable bonds is 2. The van der Waals surface area contributed by atoms with E-state index in [0.29, 0.717) is 25.0 Å². The molecule has 0 amide bonds. The van der Waals surface area contributed by atoms with Crippen molar-refractivity contribution in [1.82, 2.24) is 0 Å². The van der Waals surface area contributed by atoms with Crippen LogP contribution in [0.4, 0.5) is 0 Å². The molecule has 0 saturated heterocycles. The molecule has 3 aliphatic rings. The Bertz CT molecular complexity index is 226. The fourth-order valence-corrected chi connectivity index (χ4v) is 4.84. The third kappa shape index (κ3) is 1.04. The third-order valence-electron chi connectivity index (χ3n) is 5.26. The van der Waals surface area contributed by atoms with E-state index in [0.717, 1.165) is 23.7 Å². The minimum Gasteiger partial charge on any atom is -0.396 e. The van der Waals surface area contributed by atoms with Gasteiger partial charge in [0, 0.05) is 13.2 Å².